The highest BCUT2D eigenvalue weighted by Crippen LogP contribution is 2.19. The second kappa shape index (κ2) is 5.98. The summed E-state index contributed by atoms with van der Waals surface area (Å²) in [4.78, 5) is 0.412. The highest BCUT2D eigenvalue weighted by atomic mass is 79.9. The third-order valence-electron chi connectivity index (χ3n) is 2.44. The van der Waals surface area contributed by atoms with E-state index in [-0.39, 0.29) is 0 Å². The van der Waals surface area contributed by atoms with Crippen LogP contribution in [0.5, 0.6) is 5.75 Å². The number of halogens is 1. The van der Waals surface area contributed by atoms with Gasteiger partial charge in [0.2, 0.25) is 0 Å². The molecule has 18 heavy (non-hydrogen) atoms. The average Bonchev–Trinajstić information content (AvgIpc) is 2.37. The summed E-state index contributed by atoms with van der Waals surface area (Å²) in [7, 11) is 0. The molecule has 0 saturated heterocycles. The van der Waals surface area contributed by atoms with E-state index in [2.05, 4.69) is 15.9 Å². The lowest BCUT2D eigenvalue weighted by Gasteiger charge is -2.07. The van der Waals surface area contributed by atoms with Crippen molar-refractivity contribution in [1.82, 2.24) is 0 Å². The number of nitrogens with two attached hydrogens (primary N) is 1. The van der Waals surface area contributed by atoms with Crippen LogP contribution in [0.4, 0.5) is 0 Å². The average molecular weight is 322 g/mol. The monoisotopic (exact) mass is 321 g/mol. The van der Waals surface area contributed by atoms with Crippen LogP contribution in [0.1, 0.15) is 11.1 Å². The molecule has 2 nitrogen and oxygen atoms in total. The minimum atomic E-state index is 0.412. The molecule has 2 aromatic carbocycles. The Morgan fingerprint density at radius 1 is 1.17 bits per heavy atom. The van der Waals surface area contributed by atoms with Crippen LogP contribution >= 0.6 is 28.1 Å². The predicted octanol–water partition coefficient (Wildman–Crippen LogP) is 3.66. The first-order valence-electron chi connectivity index (χ1n) is 5.42. The van der Waals surface area contributed by atoms with Crippen molar-refractivity contribution in [1.29, 1.82) is 0 Å². The molecule has 0 saturated carbocycles. The van der Waals surface area contributed by atoms with Crippen LogP contribution in [0.3, 0.4) is 0 Å². The molecule has 4 heteroatoms. The largest absolute Gasteiger partial charge is 0.489 e. The van der Waals surface area contributed by atoms with Gasteiger partial charge in [0.15, 0.2) is 0 Å². The number of rotatable bonds is 4. The van der Waals surface area contributed by atoms with Gasteiger partial charge in [-0.2, -0.15) is 0 Å². The quantitative estimate of drug-likeness (QED) is 0.873. The first-order chi connectivity index (χ1) is 8.65. The molecule has 0 aliphatic rings. The Morgan fingerprint density at radius 2 is 1.89 bits per heavy atom. The van der Waals surface area contributed by atoms with E-state index in [1.807, 2.05) is 48.5 Å². The van der Waals surface area contributed by atoms with E-state index < -0.39 is 0 Å². The molecular formula is C14H12BrNOS. The molecule has 0 heterocycles. The summed E-state index contributed by atoms with van der Waals surface area (Å²) in [5.74, 6) is 0.836. The Bertz CT molecular complexity index is 554. The Balaban J connectivity index is 2.00. The van der Waals surface area contributed by atoms with Crippen LogP contribution in [0, 0.1) is 0 Å². The van der Waals surface area contributed by atoms with E-state index in [0.29, 0.717) is 11.6 Å². The SMILES string of the molecule is NC(=S)c1ccc(COc2cccc(Br)c2)cc1. The van der Waals surface area contributed by atoms with Crippen molar-refractivity contribution in [3.63, 3.8) is 0 Å². The van der Waals surface area contributed by atoms with Gasteiger partial charge in [-0.15, -0.1) is 0 Å². The van der Waals surface area contributed by atoms with E-state index in [1.165, 1.54) is 0 Å². The molecule has 0 aliphatic carbocycles. The summed E-state index contributed by atoms with van der Waals surface area (Å²) < 4.78 is 6.68. The molecule has 0 aliphatic heterocycles. The smallest absolute Gasteiger partial charge is 0.120 e. The fourth-order valence-corrected chi connectivity index (χ4v) is 2.00. The van der Waals surface area contributed by atoms with Crippen LogP contribution in [0.25, 0.3) is 0 Å². The zero-order chi connectivity index (χ0) is 13.0. The normalized spacial score (nSPS) is 10.1. The Labute approximate surface area is 120 Å². The van der Waals surface area contributed by atoms with Gasteiger partial charge in [-0.25, -0.2) is 0 Å². The number of hydrogen-bond donors (Lipinski definition) is 1. The number of ether oxygens (including phenoxy) is 1. The summed E-state index contributed by atoms with van der Waals surface area (Å²) >= 11 is 8.31. The molecule has 2 N–H and O–H groups in total. The maximum absolute atomic E-state index is 5.68. The summed E-state index contributed by atoms with van der Waals surface area (Å²) in [6.07, 6.45) is 0. The van der Waals surface area contributed by atoms with E-state index in [4.69, 9.17) is 22.7 Å². The van der Waals surface area contributed by atoms with Gasteiger partial charge in [0.25, 0.3) is 0 Å². The molecule has 2 aromatic rings. The van der Waals surface area contributed by atoms with Crippen LogP contribution in [-0.2, 0) is 6.61 Å². The molecule has 0 aromatic heterocycles. The van der Waals surface area contributed by atoms with Gasteiger partial charge in [0, 0.05) is 10.0 Å². The van der Waals surface area contributed by atoms with Gasteiger partial charge in [-0.3, -0.25) is 0 Å². The van der Waals surface area contributed by atoms with Gasteiger partial charge in [-0.05, 0) is 23.8 Å². The minimum absolute atomic E-state index is 0.412. The van der Waals surface area contributed by atoms with Gasteiger partial charge in [0.1, 0.15) is 17.3 Å². The second-order valence-corrected chi connectivity index (χ2v) is 5.16. The predicted molar refractivity (Wildman–Crippen MR) is 80.8 cm³/mol. The number of thiocarbonyl (C=S) groups is 1. The highest BCUT2D eigenvalue weighted by Gasteiger charge is 1.99. The van der Waals surface area contributed by atoms with E-state index in [9.17, 15) is 0 Å². The molecule has 0 amide bonds. The Morgan fingerprint density at radius 3 is 2.50 bits per heavy atom. The molecule has 0 fully saturated rings. The van der Waals surface area contributed by atoms with E-state index in [1.54, 1.807) is 0 Å². The lowest BCUT2D eigenvalue weighted by molar-refractivity contribution is 0.306. The second-order valence-electron chi connectivity index (χ2n) is 3.81. The first kappa shape index (κ1) is 13.1. The van der Waals surface area contributed by atoms with Crippen LogP contribution in [-0.4, -0.2) is 4.99 Å². The fraction of sp³-hybridized carbons (Fsp3) is 0.0714. The van der Waals surface area contributed by atoms with Crippen LogP contribution in [0.2, 0.25) is 0 Å². The number of benzene rings is 2. The summed E-state index contributed by atoms with van der Waals surface area (Å²) in [5, 5.41) is 0. The molecule has 2 rings (SSSR count). The van der Waals surface area contributed by atoms with Crippen molar-refractivity contribution in [2.45, 2.75) is 6.61 Å². The molecule has 0 atom stereocenters. The zero-order valence-corrected chi connectivity index (χ0v) is 12.0. The molecular weight excluding hydrogens is 310 g/mol. The van der Waals surface area contributed by atoms with Gasteiger partial charge < -0.3 is 10.5 Å². The summed E-state index contributed by atoms with van der Waals surface area (Å²) in [5.41, 5.74) is 7.49. The lowest BCUT2D eigenvalue weighted by atomic mass is 10.1. The minimum Gasteiger partial charge on any atom is -0.489 e. The Hall–Kier alpha value is -1.39. The number of hydrogen-bond acceptors (Lipinski definition) is 2. The molecule has 92 valence electrons. The lowest BCUT2D eigenvalue weighted by Crippen LogP contribution is -2.09. The summed E-state index contributed by atoms with van der Waals surface area (Å²) in [6, 6.07) is 15.5. The third-order valence-corrected chi connectivity index (χ3v) is 3.17. The summed E-state index contributed by atoms with van der Waals surface area (Å²) in [6.45, 7) is 0.522. The first-order valence-corrected chi connectivity index (χ1v) is 6.62. The van der Waals surface area contributed by atoms with Crippen molar-refractivity contribution >= 4 is 33.1 Å². The highest BCUT2D eigenvalue weighted by molar-refractivity contribution is 9.10. The molecule has 0 unspecified atom stereocenters. The third kappa shape index (κ3) is 3.55. The van der Waals surface area contributed by atoms with Crippen molar-refractivity contribution in [3.05, 3.63) is 64.1 Å². The van der Waals surface area contributed by atoms with Crippen LogP contribution < -0.4 is 10.5 Å². The van der Waals surface area contributed by atoms with Crippen molar-refractivity contribution in [2.24, 2.45) is 5.73 Å². The standard InChI is InChI=1S/C14H12BrNOS/c15-12-2-1-3-13(8-12)17-9-10-4-6-11(7-5-10)14(16)18/h1-8H,9H2,(H2,16,18). The van der Waals surface area contributed by atoms with Crippen molar-refractivity contribution in [2.75, 3.05) is 0 Å². The van der Waals surface area contributed by atoms with E-state index in [0.717, 1.165) is 21.3 Å². The van der Waals surface area contributed by atoms with Crippen LogP contribution in [0.15, 0.2) is 53.0 Å². The van der Waals surface area contributed by atoms with Gasteiger partial charge >= 0.3 is 0 Å². The maximum Gasteiger partial charge on any atom is 0.120 e. The van der Waals surface area contributed by atoms with Crippen molar-refractivity contribution in [3.8, 4) is 5.75 Å². The Kier molecular flexibility index (Phi) is 4.33. The fourth-order valence-electron chi connectivity index (χ4n) is 1.49. The van der Waals surface area contributed by atoms with Crippen molar-refractivity contribution < 1.29 is 4.74 Å². The molecule has 0 radical (unpaired) electrons. The molecule has 0 spiro atoms. The van der Waals surface area contributed by atoms with E-state index >= 15 is 0 Å². The maximum atomic E-state index is 5.68. The topological polar surface area (TPSA) is 35.2 Å². The van der Waals surface area contributed by atoms with Gasteiger partial charge in [0.05, 0.1) is 0 Å². The van der Waals surface area contributed by atoms with Gasteiger partial charge in [-0.1, -0.05) is 58.5 Å². The zero-order valence-electron chi connectivity index (χ0n) is 9.60. The molecule has 0 bridgehead atoms.